The summed E-state index contributed by atoms with van der Waals surface area (Å²) in [7, 11) is 0. The number of benzene rings is 2. The number of ether oxygens (including phenoxy) is 1. The predicted octanol–water partition coefficient (Wildman–Crippen LogP) is 4.02. The molecule has 0 heterocycles. The smallest absolute Gasteiger partial charge is 0.184 e. The van der Waals surface area contributed by atoms with Crippen molar-refractivity contribution in [3.05, 3.63) is 57.8 Å². The van der Waals surface area contributed by atoms with E-state index in [1.54, 1.807) is 6.07 Å². The number of nitrogens with two attached hydrogens (primary N) is 1. The molecule has 0 spiro atoms. The quantitative estimate of drug-likeness (QED) is 0.389. The minimum Gasteiger partial charge on any atom is -0.453 e. The lowest BCUT2D eigenvalue weighted by atomic mass is 10.2. The van der Waals surface area contributed by atoms with Gasteiger partial charge >= 0.3 is 0 Å². The Kier molecular flexibility index (Phi) is 4.32. The van der Waals surface area contributed by atoms with Crippen molar-refractivity contribution in [1.82, 2.24) is 0 Å². The maximum atomic E-state index is 13.8. The van der Waals surface area contributed by atoms with Crippen LogP contribution in [0.5, 0.6) is 11.5 Å². The van der Waals surface area contributed by atoms with Crippen molar-refractivity contribution < 1.29 is 14.3 Å². The van der Waals surface area contributed by atoms with E-state index in [-0.39, 0.29) is 32.9 Å². The van der Waals surface area contributed by atoms with Crippen molar-refractivity contribution in [3.8, 4) is 11.5 Å². The third kappa shape index (κ3) is 2.79. The molecule has 0 aliphatic heterocycles. The summed E-state index contributed by atoms with van der Waals surface area (Å²) in [5, 5.41) is 11.8. The van der Waals surface area contributed by atoms with Crippen molar-refractivity contribution in [2.75, 3.05) is 0 Å². The molecule has 4 nitrogen and oxygen atoms in total. The van der Waals surface area contributed by atoms with Crippen LogP contribution in [0.2, 0.25) is 10.0 Å². The van der Waals surface area contributed by atoms with Gasteiger partial charge in [-0.05, 0) is 24.3 Å². The number of rotatable bonds is 3. The number of hydrogen-bond donors (Lipinski definition) is 2. The second kappa shape index (κ2) is 5.98. The van der Waals surface area contributed by atoms with Crippen LogP contribution >= 0.6 is 23.2 Å². The van der Waals surface area contributed by atoms with Gasteiger partial charge in [-0.25, -0.2) is 4.39 Å². The zero-order valence-electron chi connectivity index (χ0n) is 9.98. The molecule has 0 atom stereocenters. The maximum Gasteiger partial charge on any atom is 0.184 e. The van der Waals surface area contributed by atoms with Crippen LogP contribution in [0.15, 0.2) is 41.6 Å². The van der Waals surface area contributed by atoms with Gasteiger partial charge in [0.15, 0.2) is 17.4 Å². The van der Waals surface area contributed by atoms with Gasteiger partial charge in [0.2, 0.25) is 0 Å². The van der Waals surface area contributed by atoms with Crippen molar-refractivity contribution in [1.29, 1.82) is 0 Å². The SMILES string of the molecule is N/C(=N/O)c1c(Cl)cccc1Oc1cccc(Cl)c1F. The summed E-state index contributed by atoms with van der Waals surface area (Å²) < 4.78 is 19.2. The van der Waals surface area contributed by atoms with Gasteiger partial charge in [-0.2, -0.15) is 0 Å². The Bertz CT molecular complexity index is 677. The maximum absolute atomic E-state index is 13.8. The normalized spacial score (nSPS) is 11.4. The minimum atomic E-state index is -0.709. The average Bonchev–Trinajstić information content (AvgIpc) is 2.43. The van der Waals surface area contributed by atoms with Gasteiger partial charge in [-0.3, -0.25) is 0 Å². The third-order valence-corrected chi connectivity index (χ3v) is 3.08. The molecular weight excluding hydrogens is 306 g/mol. The Hall–Kier alpha value is -1.98. The second-order valence-electron chi connectivity index (χ2n) is 3.75. The summed E-state index contributed by atoms with van der Waals surface area (Å²) in [5.41, 5.74) is 5.70. The number of amidine groups is 1. The Labute approximate surface area is 124 Å². The molecule has 0 radical (unpaired) electrons. The summed E-state index contributed by atoms with van der Waals surface area (Å²) in [6, 6.07) is 8.97. The average molecular weight is 315 g/mol. The van der Waals surface area contributed by atoms with Crippen LogP contribution < -0.4 is 10.5 Å². The molecule has 7 heteroatoms. The highest BCUT2D eigenvalue weighted by molar-refractivity contribution is 6.34. The molecule has 0 amide bonds. The molecule has 0 saturated carbocycles. The molecular formula is C13H9Cl2FN2O2. The molecule has 0 aliphatic rings. The van der Waals surface area contributed by atoms with Crippen LogP contribution in [0.4, 0.5) is 4.39 Å². The van der Waals surface area contributed by atoms with Crippen LogP contribution in [0, 0.1) is 5.82 Å². The molecule has 0 fully saturated rings. The molecule has 2 rings (SSSR count). The van der Waals surface area contributed by atoms with E-state index in [1.807, 2.05) is 0 Å². The van der Waals surface area contributed by atoms with E-state index in [1.165, 1.54) is 30.3 Å². The lowest BCUT2D eigenvalue weighted by molar-refractivity contribution is 0.318. The number of oxime groups is 1. The molecule has 20 heavy (non-hydrogen) atoms. The van der Waals surface area contributed by atoms with Crippen LogP contribution in [-0.4, -0.2) is 11.0 Å². The summed E-state index contributed by atoms with van der Waals surface area (Å²) in [6.07, 6.45) is 0. The zero-order valence-corrected chi connectivity index (χ0v) is 11.5. The van der Waals surface area contributed by atoms with Crippen LogP contribution in [0.25, 0.3) is 0 Å². The van der Waals surface area contributed by atoms with Gasteiger partial charge in [-0.1, -0.05) is 40.5 Å². The Morgan fingerprint density at radius 2 is 1.70 bits per heavy atom. The predicted molar refractivity (Wildman–Crippen MR) is 75.4 cm³/mol. The molecule has 104 valence electrons. The van der Waals surface area contributed by atoms with Crippen LogP contribution in [0.1, 0.15) is 5.56 Å². The van der Waals surface area contributed by atoms with E-state index in [9.17, 15) is 4.39 Å². The number of hydrogen-bond acceptors (Lipinski definition) is 3. The molecule has 3 N–H and O–H groups in total. The zero-order chi connectivity index (χ0) is 14.7. The Morgan fingerprint density at radius 3 is 2.35 bits per heavy atom. The molecule has 0 aliphatic carbocycles. The minimum absolute atomic E-state index is 0.0742. The van der Waals surface area contributed by atoms with E-state index in [4.69, 9.17) is 38.9 Å². The van der Waals surface area contributed by atoms with Crippen LogP contribution in [-0.2, 0) is 0 Å². The molecule has 0 unspecified atom stereocenters. The Morgan fingerprint density at radius 1 is 1.10 bits per heavy atom. The Balaban J connectivity index is 2.49. The number of halogens is 3. The highest BCUT2D eigenvalue weighted by atomic mass is 35.5. The fourth-order valence-electron chi connectivity index (χ4n) is 1.57. The summed E-state index contributed by atoms with van der Waals surface area (Å²) >= 11 is 11.6. The molecule has 2 aromatic carbocycles. The fourth-order valence-corrected chi connectivity index (χ4v) is 2.00. The largest absolute Gasteiger partial charge is 0.453 e. The van der Waals surface area contributed by atoms with E-state index in [0.717, 1.165) is 0 Å². The van der Waals surface area contributed by atoms with Gasteiger partial charge < -0.3 is 15.7 Å². The van der Waals surface area contributed by atoms with Crippen LogP contribution in [0.3, 0.4) is 0 Å². The third-order valence-electron chi connectivity index (χ3n) is 2.48. The topological polar surface area (TPSA) is 67.8 Å². The molecule has 0 bridgehead atoms. The summed E-state index contributed by atoms with van der Waals surface area (Å²) in [5.74, 6) is -0.895. The van der Waals surface area contributed by atoms with Gasteiger partial charge in [0.1, 0.15) is 5.75 Å². The van der Waals surface area contributed by atoms with E-state index in [2.05, 4.69) is 5.16 Å². The summed E-state index contributed by atoms with van der Waals surface area (Å²) in [6.45, 7) is 0. The van der Waals surface area contributed by atoms with Crippen molar-refractivity contribution in [2.45, 2.75) is 0 Å². The van der Waals surface area contributed by atoms with Gasteiger partial charge in [-0.15, -0.1) is 0 Å². The second-order valence-corrected chi connectivity index (χ2v) is 4.57. The van der Waals surface area contributed by atoms with Gasteiger partial charge in [0.25, 0.3) is 0 Å². The highest BCUT2D eigenvalue weighted by Crippen LogP contribution is 2.33. The van der Waals surface area contributed by atoms with Crippen molar-refractivity contribution in [2.24, 2.45) is 10.9 Å². The number of nitrogens with zero attached hydrogens (tertiary/aromatic N) is 1. The lowest BCUT2D eigenvalue weighted by Crippen LogP contribution is -2.15. The lowest BCUT2D eigenvalue weighted by Gasteiger charge is -2.12. The fraction of sp³-hybridized carbons (Fsp3) is 0. The first-order valence-corrected chi connectivity index (χ1v) is 6.18. The van der Waals surface area contributed by atoms with E-state index < -0.39 is 5.82 Å². The highest BCUT2D eigenvalue weighted by Gasteiger charge is 2.16. The monoisotopic (exact) mass is 314 g/mol. The molecule has 0 saturated heterocycles. The summed E-state index contributed by atoms with van der Waals surface area (Å²) in [4.78, 5) is 0. The molecule has 0 aromatic heterocycles. The van der Waals surface area contributed by atoms with Gasteiger partial charge in [0, 0.05) is 0 Å². The standard InChI is InChI=1S/C13H9Cl2FN2O2/c14-7-3-1-5-9(11(7)13(17)18-19)20-10-6-2-4-8(15)12(10)16/h1-6,19H,(H2,17,18). The van der Waals surface area contributed by atoms with Crippen molar-refractivity contribution >= 4 is 29.0 Å². The first-order chi connectivity index (χ1) is 9.54. The molecule has 2 aromatic rings. The van der Waals surface area contributed by atoms with E-state index >= 15 is 0 Å². The first-order valence-electron chi connectivity index (χ1n) is 5.43. The van der Waals surface area contributed by atoms with Gasteiger partial charge in [0.05, 0.1) is 15.6 Å². The first kappa shape index (κ1) is 14.4. The van der Waals surface area contributed by atoms with Crippen molar-refractivity contribution in [3.63, 3.8) is 0 Å². The van der Waals surface area contributed by atoms with E-state index in [0.29, 0.717) is 0 Å².